The molecule has 0 amide bonds. The summed E-state index contributed by atoms with van der Waals surface area (Å²) < 4.78 is 6.91. The van der Waals surface area contributed by atoms with E-state index in [0.717, 1.165) is 24.2 Å². The first kappa shape index (κ1) is 14.0. The van der Waals surface area contributed by atoms with Crippen molar-refractivity contribution in [2.45, 2.75) is 25.1 Å². The Morgan fingerprint density at radius 1 is 1.37 bits per heavy atom. The Morgan fingerprint density at radius 2 is 2.16 bits per heavy atom. The molecular formula is C14H18ClN3O. The van der Waals surface area contributed by atoms with Crippen LogP contribution < -0.4 is 0 Å². The van der Waals surface area contributed by atoms with Gasteiger partial charge in [-0.3, -0.25) is 0 Å². The molecule has 0 N–H and O–H groups in total. The van der Waals surface area contributed by atoms with Crippen LogP contribution in [0.1, 0.15) is 30.0 Å². The molecule has 1 heterocycles. The van der Waals surface area contributed by atoms with E-state index in [-0.39, 0.29) is 5.38 Å². The summed E-state index contributed by atoms with van der Waals surface area (Å²) in [6, 6.07) is 8.11. The van der Waals surface area contributed by atoms with Crippen molar-refractivity contribution in [1.29, 1.82) is 0 Å². The second kappa shape index (κ2) is 6.68. The number of rotatable bonds is 6. The first-order valence-corrected chi connectivity index (χ1v) is 6.83. The van der Waals surface area contributed by atoms with Crippen molar-refractivity contribution in [1.82, 2.24) is 15.0 Å². The molecule has 0 aliphatic heterocycles. The van der Waals surface area contributed by atoms with Gasteiger partial charge in [0.15, 0.2) is 0 Å². The molecule has 4 nitrogen and oxygen atoms in total. The molecule has 0 saturated carbocycles. The number of halogens is 1. The number of methoxy groups -OCH3 is 1. The van der Waals surface area contributed by atoms with Crippen molar-refractivity contribution >= 4 is 11.6 Å². The number of nitrogens with zero attached hydrogens (tertiary/aromatic N) is 3. The zero-order valence-electron chi connectivity index (χ0n) is 11.2. The molecule has 0 spiro atoms. The molecule has 19 heavy (non-hydrogen) atoms. The van der Waals surface area contributed by atoms with Gasteiger partial charge in [-0.25, -0.2) is 4.68 Å². The highest BCUT2D eigenvalue weighted by Gasteiger charge is 2.12. The van der Waals surface area contributed by atoms with E-state index < -0.39 is 0 Å². The Hall–Kier alpha value is -1.39. The molecule has 0 aliphatic rings. The zero-order valence-corrected chi connectivity index (χ0v) is 12.0. The first-order chi connectivity index (χ1) is 9.26. The fourth-order valence-corrected chi connectivity index (χ4v) is 2.00. The minimum absolute atomic E-state index is 0.0834. The van der Waals surface area contributed by atoms with E-state index >= 15 is 0 Å². The Labute approximate surface area is 118 Å². The molecule has 0 fully saturated rings. The summed E-state index contributed by atoms with van der Waals surface area (Å²) in [5, 5.41) is 8.22. The summed E-state index contributed by atoms with van der Waals surface area (Å²) in [6.07, 6.45) is 3.58. The molecule has 0 saturated heterocycles. The van der Waals surface area contributed by atoms with Gasteiger partial charge in [0, 0.05) is 7.11 Å². The molecule has 2 rings (SSSR count). The van der Waals surface area contributed by atoms with E-state index in [2.05, 4.69) is 16.4 Å². The van der Waals surface area contributed by atoms with Crippen LogP contribution in [0.2, 0.25) is 0 Å². The van der Waals surface area contributed by atoms with Crippen molar-refractivity contribution in [3.8, 4) is 5.69 Å². The normalized spacial score (nSPS) is 12.6. The third-order valence-electron chi connectivity index (χ3n) is 3.00. The van der Waals surface area contributed by atoms with E-state index in [1.165, 1.54) is 5.56 Å². The number of aromatic nitrogens is 3. The van der Waals surface area contributed by atoms with Gasteiger partial charge in [-0.2, -0.15) is 0 Å². The number of ether oxygens (including phenoxy) is 1. The smallest absolute Gasteiger partial charge is 0.101 e. The quantitative estimate of drug-likeness (QED) is 0.763. The van der Waals surface area contributed by atoms with Crippen LogP contribution in [0.3, 0.4) is 0 Å². The molecule has 2 aromatic rings. The molecular weight excluding hydrogens is 262 g/mol. The topological polar surface area (TPSA) is 39.9 Å². The van der Waals surface area contributed by atoms with Crippen molar-refractivity contribution in [3.63, 3.8) is 0 Å². The molecule has 0 radical (unpaired) electrons. The summed E-state index contributed by atoms with van der Waals surface area (Å²) in [5.74, 6) is 0. The fraction of sp³-hybridized carbons (Fsp3) is 0.429. The molecule has 5 heteroatoms. The van der Waals surface area contributed by atoms with E-state index in [4.69, 9.17) is 16.3 Å². The van der Waals surface area contributed by atoms with Crippen molar-refractivity contribution < 1.29 is 4.74 Å². The second-order valence-electron chi connectivity index (χ2n) is 4.34. The van der Waals surface area contributed by atoms with Crippen LogP contribution in [-0.2, 0) is 11.2 Å². The van der Waals surface area contributed by atoms with Gasteiger partial charge in [-0.1, -0.05) is 30.3 Å². The highest BCUT2D eigenvalue weighted by molar-refractivity contribution is 6.20. The number of para-hydroxylation sites is 1. The van der Waals surface area contributed by atoms with E-state index in [0.29, 0.717) is 6.61 Å². The van der Waals surface area contributed by atoms with Gasteiger partial charge in [0.05, 0.1) is 23.9 Å². The number of hydrogen-bond acceptors (Lipinski definition) is 3. The summed E-state index contributed by atoms with van der Waals surface area (Å²) in [4.78, 5) is 0. The molecule has 102 valence electrons. The maximum atomic E-state index is 6.18. The Bertz CT molecular complexity index is 527. The summed E-state index contributed by atoms with van der Waals surface area (Å²) in [6.45, 7) is 2.72. The number of hydrogen-bond donors (Lipinski definition) is 0. The Kier molecular flexibility index (Phi) is 4.93. The van der Waals surface area contributed by atoms with Gasteiger partial charge >= 0.3 is 0 Å². The highest BCUT2D eigenvalue weighted by Crippen LogP contribution is 2.22. The van der Waals surface area contributed by atoms with E-state index in [1.807, 2.05) is 31.3 Å². The van der Waals surface area contributed by atoms with Crippen molar-refractivity contribution in [2.24, 2.45) is 0 Å². The predicted octanol–water partition coefficient (Wildman–Crippen LogP) is 3.15. The van der Waals surface area contributed by atoms with Crippen LogP contribution in [-0.4, -0.2) is 28.7 Å². The SMILES string of the molecule is CCC(Cl)c1cn(-c2ccccc2CCOC)nn1. The minimum atomic E-state index is -0.0834. The molecule has 1 aromatic heterocycles. The van der Waals surface area contributed by atoms with Gasteiger partial charge < -0.3 is 4.74 Å². The largest absolute Gasteiger partial charge is 0.384 e. The van der Waals surface area contributed by atoms with Crippen LogP contribution in [0.5, 0.6) is 0 Å². The summed E-state index contributed by atoms with van der Waals surface area (Å²) in [7, 11) is 1.70. The van der Waals surface area contributed by atoms with Gasteiger partial charge in [0.1, 0.15) is 5.69 Å². The summed E-state index contributed by atoms with van der Waals surface area (Å²) >= 11 is 6.18. The van der Waals surface area contributed by atoms with Crippen LogP contribution in [0.4, 0.5) is 0 Å². The second-order valence-corrected chi connectivity index (χ2v) is 4.86. The molecule has 1 aromatic carbocycles. The van der Waals surface area contributed by atoms with Crippen LogP contribution in [0.15, 0.2) is 30.5 Å². The predicted molar refractivity (Wildman–Crippen MR) is 75.8 cm³/mol. The standard InChI is InChI=1S/C14H18ClN3O/c1-3-12(15)13-10-18(17-16-13)14-7-5-4-6-11(14)8-9-19-2/h4-7,10,12H,3,8-9H2,1-2H3. The molecule has 1 unspecified atom stereocenters. The van der Waals surface area contributed by atoms with Gasteiger partial charge in [-0.05, 0) is 24.5 Å². The lowest BCUT2D eigenvalue weighted by Crippen LogP contribution is -2.03. The lowest BCUT2D eigenvalue weighted by molar-refractivity contribution is 0.202. The maximum absolute atomic E-state index is 6.18. The van der Waals surface area contributed by atoms with Gasteiger partial charge in [-0.15, -0.1) is 16.7 Å². The van der Waals surface area contributed by atoms with Crippen molar-refractivity contribution in [2.75, 3.05) is 13.7 Å². The van der Waals surface area contributed by atoms with E-state index in [1.54, 1.807) is 11.8 Å². The lowest BCUT2D eigenvalue weighted by atomic mass is 10.1. The monoisotopic (exact) mass is 279 g/mol. The maximum Gasteiger partial charge on any atom is 0.101 e. The number of benzene rings is 1. The van der Waals surface area contributed by atoms with Crippen LogP contribution >= 0.6 is 11.6 Å². The molecule has 1 atom stereocenters. The average Bonchev–Trinajstić information content (AvgIpc) is 2.94. The third kappa shape index (κ3) is 3.33. The first-order valence-electron chi connectivity index (χ1n) is 6.39. The van der Waals surface area contributed by atoms with Gasteiger partial charge in [0.25, 0.3) is 0 Å². The highest BCUT2D eigenvalue weighted by atomic mass is 35.5. The molecule has 0 aliphatic carbocycles. The van der Waals surface area contributed by atoms with Crippen LogP contribution in [0.25, 0.3) is 5.69 Å². The van der Waals surface area contributed by atoms with Crippen molar-refractivity contribution in [3.05, 3.63) is 41.7 Å². The van der Waals surface area contributed by atoms with Crippen LogP contribution in [0, 0.1) is 0 Å². The molecule has 0 bridgehead atoms. The zero-order chi connectivity index (χ0) is 13.7. The van der Waals surface area contributed by atoms with Gasteiger partial charge in [0.2, 0.25) is 0 Å². The summed E-state index contributed by atoms with van der Waals surface area (Å²) in [5.41, 5.74) is 3.02. The van der Waals surface area contributed by atoms with E-state index in [9.17, 15) is 0 Å². The number of alkyl halides is 1. The Morgan fingerprint density at radius 3 is 2.89 bits per heavy atom. The third-order valence-corrected chi connectivity index (χ3v) is 3.54. The minimum Gasteiger partial charge on any atom is -0.384 e. The average molecular weight is 280 g/mol. The Balaban J connectivity index is 2.28. The lowest BCUT2D eigenvalue weighted by Gasteiger charge is -2.08. The fourth-order valence-electron chi connectivity index (χ4n) is 1.90.